The number of carbonyl (C=O) groups is 1. The molecule has 4 aromatic rings. The fourth-order valence-electron chi connectivity index (χ4n) is 5.06. The van der Waals surface area contributed by atoms with Crippen molar-refractivity contribution in [1.29, 1.82) is 0 Å². The first kappa shape index (κ1) is 23.2. The summed E-state index contributed by atoms with van der Waals surface area (Å²) in [6, 6.07) is 22.6. The standard InChI is InChI=1S/C31H33N3O/c1-19-8-12-23(13-9-19)29-30(24-14-10-20(2)11-15-24)33-28-18-25(16-17-27(28)32-29)31(35)34-26-7-5-6-21(3)22(26)4/h8-18,21-22,26H,5-7H2,1-4H3,(H,34,35). The van der Waals surface area contributed by atoms with Gasteiger partial charge in [0.15, 0.2) is 0 Å². The first-order valence-corrected chi connectivity index (χ1v) is 12.7. The quantitative estimate of drug-likeness (QED) is 0.350. The smallest absolute Gasteiger partial charge is 0.251 e. The zero-order valence-corrected chi connectivity index (χ0v) is 21.0. The summed E-state index contributed by atoms with van der Waals surface area (Å²) in [6.45, 7) is 8.70. The van der Waals surface area contributed by atoms with E-state index >= 15 is 0 Å². The second kappa shape index (κ2) is 9.61. The molecular formula is C31H33N3O. The molecule has 4 nitrogen and oxygen atoms in total. The number of nitrogens with one attached hydrogen (secondary N) is 1. The summed E-state index contributed by atoms with van der Waals surface area (Å²) in [5.41, 5.74) is 8.28. The average molecular weight is 464 g/mol. The van der Waals surface area contributed by atoms with Crippen molar-refractivity contribution in [3.05, 3.63) is 83.4 Å². The molecule has 1 heterocycles. The summed E-state index contributed by atoms with van der Waals surface area (Å²) in [4.78, 5) is 23.2. The molecule has 3 unspecified atom stereocenters. The van der Waals surface area contributed by atoms with Gasteiger partial charge in [-0.25, -0.2) is 9.97 Å². The molecule has 1 amide bonds. The molecular weight excluding hydrogens is 430 g/mol. The molecule has 35 heavy (non-hydrogen) atoms. The fourth-order valence-corrected chi connectivity index (χ4v) is 5.06. The van der Waals surface area contributed by atoms with E-state index in [4.69, 9.17) is 9.97 Å². The van der Waals surface area contributed by atoms with Crippen molar-refractivity contribution in [2.45, 2.75) is 53.0 Å². The third-order valence-electron chi connectivity index (χ3n) is 7.60. The number of hydrogen-bond acceptors (Lipinski definition) is 3. The Bertz CT molecular complexity index is 1360. The second-order valence-electron chi connectivity index (χ2n) is 10.2. The number of fused-ring (bicyclic) bond motifs is 1. The van der Waals surface area contributed by atoms with E-state index in [0.717, 1.165) is 40.0 Å². The zero-order chi connectivity index (χ0) is 24.5. The lowest BCUT2D eigenvalue weighted by Gasteiger charge is -2.34. The van der Waals surface area contributed by atoms with Crippen LogP contribution in [0.2, 0.25) is 0 Å². The second-order valence-corrected chi connectivity index (χ2v) is 10.2. The van der Waals surface area contributed by atoms with E-state index in [0.29, 0.717) is 17.4 Å². The van der Waals surface area contributed by atoms with Gasteiger partial charge in [-0.1, -0.05) is 86.3 Å². The van der Waals surface area contributed by atoms with Crippen LogP contribution in [0.3, 0.4) is 0 Å². The van der Waals surface area contributed by atoms with Gasteiger partial charge in [-0.05, 0) is 50.3 Å². The summed E-state index contributed by atoms with van der Waals surface area (Å²) in [5.74, 6) is 1.09. The molecule has 5 rings (SSSR count). The largest absolute Gasteiger partial charge is 0.349 e. The van der Waals surface area contributed by atoms with Gasteiger partial charge in [0.05, 0.1) is 22.4 Å². The Morgan fingerprint density at radius 2 is 1.34 bits per heavy atom. The van der Waals surface area contributed by atoms with Crippen molar-refractivity contribution in [3.8, 4) is 22.5 Å². The van der Waals surface area contributed by atoms with E-state index in [9.17, 15) is 4.79 Å². The molecule has 0 spiro atoms. The number of nitrogens with zero attached hydrogens (tertiary/aromatic N) is 2. The monoisotopic (exact) mass is 463 g/mol. The predicted molar refractivity (Wildman–Crippen MR) is 143 cm³/mol. The van der Waals surface area contributed by atoms with Crippen LogP contribution in [0.15, 0.2) is 66.7 Å². The molecule has 0 radical (unpaired) electrons. The molecule has 1 aromatic heterocycles. The van der Waals surface area contributed by atoms with E-state index in [-0.39, 0.29) is 11.9 Å². The highest BCUT2D eigenvalue weighted by atomic mass is 16.1. The van der Waals surface area contributed by atoms with Crippen molar-refractivity contribution in [2.75, 3.05) is 0 Å². The normalized spacial score (nSPS) is 20.1. The number of hydrogen-bond donors (Lipinski definition) is 1. The van der Waals surface area contributed by atoms with Gasteiger partial charge in [-0.3, -0.25) is 4.79 Å². The van der Waals surface area contributed by atoms with E-state index in [1.165, 1.54) is 24.0 Å². The van der Waals surface area contributed by atoms with Gasteiger partial charge < -0.3 is 5.32 Å². The van der Waals surface area contributed by atoms with Crippen LogP contribution in [0.25, 0.3) is 33.5 Å². The van der Waals surface area contributed by atoms with Gasteiger partial charge in [0.25, 0.3) is 5.91 Å². The predicted octanol–water partition coefficient (Wildman–Crippen LogP) is 7.14. The lowest BCUT2D eigenvalue weighted by molar-refractivity contribution is 0.0891. The number of aryl methyl sites for hydroxylation is 2. The van der Waals surface area contributed by atoms with Crippen LogP contribution in [0, 0.1) is 25.7 Å². The molecule has 4 heteroatoms. The molecule has 3 atom stereocenters. The van der Waals surface area contributed by atoms with Gasteiger partial charge in [-0.2, -0.15) is 0 Å². The molecule has 0 bridgehead atoms. The lowest BCUT2D eigenvalue weighted by atomic mass is 9.78. The number of carbonyl (C=O) groups excluding carboxylic acids is 1. The molecule has 1 fully saturated rings. The van der Waals surface area contributed by atoms with Crippen molar-refractivity contribution in [2.24, 2.45) is 11.8 Å². The number of benzene rings is 3. The van der Waals surface area contributed by atoms with Crippen molar-refractivity contribution in [3.63, 3.8) is 0 Å². The Labute approximate surface area is 207 Å². The molecule has 0 aliphatic heterocycles. The minimum absolute atomic E-state index is 0.0286. The van der Waals surface area contributed by atoms with E-state index in [1.807, 2.05) is 18.2 Å². The molecule has 0 saturated heterocycles. The highest BCUT2D eigenvalue weighted by Crippen LogP contribution is 2.32. The van der Waals surface area contributed by atoms with Gasteiger partial charge in [-0.15, -0.1) is 0 Å². The summed E-state index contributed by atoms with van der Waals surface area (Å²) < 4.78 is 0. The van der Waals surface area contributed by atoms with Crippen LogP contribution < -0.4 is 5.32 Å². The van der Waals surface area contributed by atoms with Crippen LogP contribution >= 0.6 is 0 Å². The Morgan fingerprint density at radius 1 is 0.771 bits per heavy atom. The number of amides is 1. The molecule has 178 valence electrons. The minimum atomic E-state index is -0.0286. The SMILES string of the molecule is Cc1ccc(-c2nc3ccc(C(=O)NC4CCCC(C)C4C)cc3nc2-c2ccc(C)cc2)cc1. The third kappa shape index (κ3) is 4.84. The zero-order valence-electron chi connectivity index (χ0n) is 21.0. The minimum Gasteiger partial charge on any atom is -0.349 e. The van der Waals surface area contributed by atoms with Crippen LogP contribution in [0.5, 0.6) is 0 Å². The molecule has 1 aliphatic rings. The Kier molecular flexibility index (Phi) is 6.38. The first-order valence-electron chi connectivity index (χ1n) is 12.7. The summed E-state index contributed by atoms with van der Waals surface area (Å²) >= 11 is 0. The van der Waals surface area contributed by atoms with Gasteiger partial charge in [0.2, 0.25) is 0 Å². The summed E-state index contributed by atoms with van der Waals surface area (Å²) in [7, 11) is 0. The molecule has 1 aliphatic carbocycles. The van der Waals surface area contributed by atoms with Crippen LogP contribution in [-0.4, -0.2) is 21.9 Å². The van der Waals surface area contributed by atoms with Crippen molar-refractivity contribution in [1.82, 2.24) is 15.3 Å². The highest BCUT2D eigenvalue weighted by Gasteiger charge is 2.28. The lowest BCUT2D eigenvalue weighted by Crippen LogP contribution is -2.43. The number of aromatic nitrogens is 2. The van der Waals surface area contributed by atoms with Crippen LogP contribution in [0.1, 0.15) is 54.6 Å². The first-order chi connectivity index (χ1) is 16.9. The van der Waals surface area contributed by atoms with Gasteiger partial charge >= 0.3 is 0 Å². The van der Waals surface area contributed by atoms with E-state index < -0.39 is 0 Å². The highest BCUT2D eigenvalue weighted by molar-refractivity contribution is 5.98. The van der Waals surface area contributed by atoms with Crippen molar-refractivity contribution >= 4 is 16.9 Å². The molecule has 1 saturated carbocycles. The average Bonchev–Trinajstić information content (AvgIpc) is 2.86. The molecule has 3 aromatic carbocycles. The maximum Gasteiger partial charge on any atom is 0.251 e. The Balaban J connectivity index is 1.55. The van der Waals surface area contributed by atoms with Crippen LogP contribution in [-0.2, 0) is 0 Å². The topological polar surface area (TPSA) is 54.9 Å². The molecule has 1 N–H and O–H groups in total. The van der Waals surface area contributed by atoms with E-state index in [2.05, 4.69) is 81.5 Å². The Morgan fingerprint density at radius 3 is 1.94 bits per heavy atom. The van der Waals surface area contributed by atoms with Crippen LogP contribution in [0.4, 0.5) is 0 Å². The summed E-state index contributed by atoms with van der Waals surface area (Å²) in [6.07, 6.45) is 3.45. The van der Waals surface area contributed by atoms with Crippen molar-refractivity contribution < 1.29 is 4.79 Å². The maximum atomic E-state index is 13.2. The van der Waals surface area contributed by atoms with E-state index in [1.54, 1.807) is 0 Å². The Hall–Kier alpha value is -3.53. The number of rotatable bonds is 4. The van der Waals surface area contributed by atoms with Gasteiger partial charge in [0.1, 0.15) is 0 Å². The maximum absolute atomic E-state index is 13.2. The van der Waals surface area contributed by atoms with Gasteiger partial charge in [0, 0.05) is 22.7 Å². The summed E-state index contributed by atoms with van der Waals surface area (Å²) in [5, 5.41) is 3.29. The third-order valence-corrected chi connectivity index (χ3v) is 7.60. The fraction of sp³-hybridized carbons (Fsp3) is 0.323.